The quantitative estimate of drug-likeness (QED) is 0.241. The molecule has 0 radical (unpaired) electrons. The molecule has 1 saturated carbocycles. The number of aryl methyl sites for hydroxylation is 2. The van der Waals surface area contributed by atoms with Crippen molar-refractivity contribution >= 4 is 28.4 Å². The molecule has 12 nitrogen and oxygen atoms in total. The minimum absolute atomic E-state index is 0.00924. The fraction of sp³-hybridized carbons (Fsp3) is 0.471. The van der Waals surface area contributed by atoms with Gasteiger partial charge in [0, 0.05) is 44.8 Å². The maximum absolute atomic E-state index is 14.1. The van der Waals surface area contributed by atoms with Gasteiger partial charge < -0.3 is 19.9 Å². The molecule has 2 fully saturated rings. The lowest BCUT2D eigenvalue weighted by atomic mass is 9.85. The number of carbonyl (C=O) groups is 1. The van der Waals surface area contributed by atoms with Crippen LogP contribution in [0.25, 0.3) is 5.65 Å². The van der Waals surface area contributed by atoms with Crippen molar-refractivity contribution in [3.05, 3.63) is 76.2 Å². The van der Waals surface area contributed by atoms with Crippen LogP contribution in [-0.4, -0.2) is 95.6 Å². The number of hydrogen-bond acceptors (Lipinski definition) is 9. The molecule has 2 unspecified atom stereocenters. The van der Waals surface area contributed by atoms with Crippen molar-refractivity contribution in [1.29, 1.82) is 0 Å². The average Bonchev–Trinajstić information content (AvgIpc) is 3.69. The first-order chi connectivity index (χ1) is 23.9. The highest BCUT2D eigenvalue weighted by molar-refractivity contribution is 7.82. The monoisotopic (exact) mass is 713 g/mol. The number of rotatable bonds is 10. The van der Waals surface area contributed by atoms with Crippen molar-refractivity contribution in [3.63, 3.8) is 0 Å². The number of aliphatic carboxylic acids is 1. The Labute approximate surface area is 289 Å². The molecular weight excluding hydrogens is 675 g/mol. The van der Waals surface area contributed by atoms with Crippen molar-refractivity contribution in [2.45, 2.75) is 62.2 Å². The van der Waals surface area contributed by atoms with Gasteiger partial charge in [0.25, 0.3) is 0 Å². The van der Waals surface area contributed by atoms with Crippen LogP contribution < -0.4 is 10.1 Å². The van der Waals surface area contributed by atoms with E-state index in [2.05, 4.69) is 20.4 Å². The van der Waals surface area contributed by atoms with E-state index in [1.807, 2.05) is 35.5 Å². The first-order valence-corrected chi connectivity index (χ1v) is 17.6. The van der Waals surface area contributed by atoms with E-state index < -0.39 is 40.5 Å². The highest BCUT2D eigenvalue weighted by atomic mass is 32.2. The number of carboxylic acids is 1. The molecule has 1 aromatic carbocycles. The van der Waals surface area contributed by atoms with E-state index in [4.69, 9.17) is 14.5 Å². The van der Waals surface area contributed by atoms with E-state index >= 15 is 0 Å². The minimum Gasteiger partial charge on any atom is -0.481 e. The largest absolute Gasteiger partial charge is 0.481 e. The maximum atomic E-state index is 14.1. The molecule has 2 N–H and O–H groups in total. The summed E-state index contributed by atoms with van der Waals surface area (Å²) in [4.78, 5) is 19.6. The Morgan fingerprint density at radius 1 is 1.12 bits per heavy atom. The van der Waals surface area contributed by atoms with Gasteiger partial charge in [-0.3, -0.25) is 14.1 Å². The minimum atomic E-state index is -4.70. The number of aromatic nitrogens is 4. The van der Waals surface area contributed by atoms with Crippen molar-refractivity contribution in [3.8, 4) is 5.88 Å². The fourth-order valence-corrected chi connectivity index (χ4v) is 8.00. The number of anilines is 1. The van der Waals surface area contributed by atoms with Gasteiger partial charge in [-0.2, -0.15) is 18.2 Å². The predicted molar refractivity (Wildman–Crippen MR) is 177 cm³/mol. The Morgan fingerprint density at radius 3 is 2.62 bits per heavy atom. The first kappa shape index (κ1) is 34.3. The summed E-state index contributed by atoms with van der Waals surface area (Å²) in [6.45, 7) is 9.09. The van der Waals surface area contributed by atoms with E-state index in [9.17, 15) is 27.3 Å². The number of nitrogens with one attached hydrogen (secondary N) is 1. The van der Waals surface area contributed by atoms with Crippen molar-refractivity contribution < 1.29 is 36.8 Å². The molecule has 266 valence electrons. The van der Waals surface area contributed by atoms with Gasteiger partial charge in [-0.1, -0.05) is 18.2 Å². The van der Waals surface area contributed by atoms with Crippen LogP contribution in [0.1, 0.15) is 58.8 Å². The number of pyridine rings is 2. The number of halogens is 3. The summed E-state index contributed by atoms with van der Waals surface area (Å²) < 4.78 is 69.3. The van der Waals surface area contributed by atoms with E-state index in [0.717, 1.165) is 61.2 Å². The third kappa shape index (κ3) is 7.06. The molecule has 3 aliphatic rings. The molecule has 16 heteroatoms. The maximum Gasteiger partial charge on any atom is 0.452 e. The van der Waals surface area contributed by atoms with Crippen LogP contribution in [0.5, 0.6) is 5.88 Å². The summed E-state index contributed by atoms with van der Waals surface area (Å²) in [5, 5.41) is 20.4. The summed E-state index contributed by atoms with van der Waals surface area (Å²) in [7, 11) is -1.60. The Kier molecular flexibility index (Phi) is 9.30. The van der Waals surface area contributed by atoms with Crippen LogP contribution >= 0.6 is 0 Å². The zero-order valence-corrected chi connectivity index (χ0v) is 28.5. The standard InChI is InChI=1S/C34H38F3N7O5S/c1-21-3-4-23(26(18-29(45)46)25-7-11-44-30(22(25)2)40-41-32(44)34(35,36)37)17-24(21)19-43-20-33(8-9-33)49-31-27(50(43)47)5-6-28(39-31)38-10-12-42-13-15-48-16-14-42/h3-7,11,17,26H,8-10,12-16,18-20H2,1-2H3,(H,38,39)(H,45,46). The Morgan fingerprint density at radius 2 is 1.90 bits per heavy atom. The molecule has 1 aliphatic carbocycles. The summed E-state index contributed by atoms with van der Waals surface area (Å²) in [5.41, 5.74) is 2.89. The molecule has 1 spiro atoms. The number of morpholine rings is 1. The highest BCUT2D eigenvalue weighted by Crippen LogP contribution is 2.45. The molecule has 2 aliphatic heterocycles. The number of carboxylic acid groups (broad SMARTS) is 1. The Bertz CT molecular complexity index is 1940. The van der Waals surface area contributed by atoms with Crippen LogP contribution in [0.3, 0.4) is 0 Å². The van der Waals surface area contributed by atoms with Gasteiger partial charge in [0.2, 0.25) is 11.7 Å². The third-order valence-corrected chi connectivity index (χ3v) is 11.1. The smallest absolute Gasteiger partial charge is 0.452 e. The van der Waals surface area contributed by atoms with Crippen molar-refractivity contribution in [2.24, 2.45) is 0 Å². The number of benzene rings is 1. The lowest BCUT2D eigenvalue weighted by molar-refractivity contribution is -0.145. The van der Waals surface area contributed by atoms with Gasteiger partial charge in [0.05, 0.1) is 26.2 Å². The summed E-state index contributed by atoms with van der Waals surface area (Å²) >= 11 is 0. The lowest BCUT2D eigenvalue weighted by Crippen LogP contribution is -2.39. The van der Waals surface area contributed by atoms with Crippen LogP contribution in [0.4, 0.5) is 19.0 Å². The molecule has 1 saturated heterocycles. The van der Waals surface area contributed by atoms with E-state index in [1.54, 1.807) is 13.0 Å². The second-order valence-electron chi connectivity index (χ2n) is 13.2. The van der Waals surface area contributed by atoms with Gasteiger partial charge in [-0.05, 0) is 72.7 Å². The van der Waals surface area contributed by atoms with Gasteiger partial charge >= 0.3 is 12.1 Å². The molecule has 7 rings (SSSR count). The van der Waals surface area contributed by atoms with Crippen LogP contribution in [0, 0.1) is 13.8 Å². The molecule has 5 heterocycles. The molecule has 0 amide bonds. The number of hydrogen-bond donors (Lipinski definition) is 2. The zero-order valence-electron chi connectivity index (χ0n) is 27.7. The zero-order chi connectivity index (χ0) is 35.2. The first-order valence-electron chi connectivity index (χ1n) is 16.5. The molecule has 4 aromatic rings. The molecule has 3 aromatic heterocycles. The number of fused-ring (bicyclic) bond motifs is 2. The number of ether oxygens (including phenoxy) is 2. The number of nitrogens with zero attached hydrogens (tertiary/aromatic N) is 6. The molecule has 50 heavy (non-hydrogen) atoms. The lowest BCUT2D eigenvalue weighted by Gasteiger charge is -2.26. The number of alkyl halides is 3. The topological polar surface area (TPSA) is 134 Å². The Hall–Kier alpha value is -4.12. The van der Waals surface area contributed by atoms with Crippen molar-refractivity contribution in [1.82, 2.24) is 28.8 Å². The molecule has 2 atom stereocenters. The van der Waals surface area contributed by atoms with Crippen LogP contribution in [0.2, 0.25) is 0 Å². The van der Waals surface area contributed by atoms with Gasteiger partial charge in [-0.15, -0.1) is 10.2 Å². The summed E-state index contributed by atoms with van der Waals surface area (Å²) in [6, 6.07) is 10.7. The summed E-state index contributed by atoms with van der Waals surface area (Å²) in [5.74, 6) is -1.88. The van der Waals surface area contributed by atoms with E-state index in [1.165, 1.54) is 12.3 Å². The second kappa shape index (κ2) is 13.5. The average molecular weight is 714 g/mol. The van der Waals surface area contributed by atoms with Gasteiger partial charge in [0.1, 0.15) is 27.3 Å². The van der Waals surface area contributed by atoms with Crippen LogP contribution in [-0.2, 0) is 33.2 Å². The van der Waals surface area contributed by atoms with E-state index in [0.29, 0.717) is 52.9 Å². The normalized spacial score (nSPS) is 19.9. The third-order valence-electron chi connectivity index (χ3n) is 9.67. The van der Waals surface area contributed by atoms with Gasteiger partial charge in [-0.25, -0.2) is 8.51 Å². The SMILES string of the molecule is Cc1ccc(C(CC(=O)O)c2ccn3c(C(F)(F)F)nnc3c2C)cc1CN1CC2(CC2)Oc2nc(NCCN3CCOCC3)ccc2S1=O. The highest BCUT2D eigenvalue weighted by Gasteiger charge is 2.51. The second-order valence-corrected chi connectivity index (χ2v) is 14.6. The fourth-order valence-electron chi connectivity index (χ4n) is 6.69. The van der Waals surface area contributed by atoms with E-state index in [-0.39, 0.29) is 12.1 Å². The molecule has 0 bridgehead atoms. The predicted octanol–water partition coefficient (Wildman–Crippen LogP) is 4.56. The van der Waals surface area contributed by atoms with Crippen molar-refractivity contribution in [2.75, 3.05) is 51.3 Å². The van der Waals surface area contributed by atoms with Crippen LogP contribution in [0.15, 0.2) is 47.5 Å². The summed E-state index contributed by atoms with van der Waals surface area (Å²) in [6.07, 6.45) is -2.16. The van der Waals surface area contributed by atoms with Gasteiger partial charge in [0.15, 0.2) is 5.65 Å². The Balaban J connectivity index is 1.14. The molecular formula is C34H38F3N7O5S.